The van der Waals surface area contributed by atoms with E-state index in [1.54, 1.807) is 0 Å². The van der Waals surface area contributed by atoms with Crippen LogP contribution < -0.4 is 0 Å². The second kappa shape index (κ2) is 15.3. The molecular formula is C57H34OS4. The van der Waals surface area contributed by atoms with E-state index in [9.17, 15) is 4.79 Å². The van der Waals surface area contributed by atoms with Crippen LogP contribution in [0.4, 0.5) is 0 Å². The van der Waals surface area contributed by atoms with Gasteiger partial charge in [-0.25, -0.2) is 0 Å². The number of thiophene rings is 4. The average Bonchev–Trinajstić information content (AvgIpc) is 4.18. The topological polar surface area (TPSA) is 17.1 Å². The fraction of sp³-hybridized carbons (Fsp3) is 0. The van der Waals surface area contributed by atoms with Gasteiger partial charge in [-0.05, 0) is 68.4 Å². The molecule has 4 heterocycles. The highest BCUT2D eigenvalue weighted by Gasteiger charge is 2.23. The summed E-state index contributed by atoms with van der Waals surface area (Å²) in [4.78, 5) is 16.4. The number of rotatable bonds is 8. The molecule has 0 radical (unpaired) electrons. The van der Waals surface area contributed by atoms with Gasteiger partial charge in [-0.1, -0.05) is 170 Å². The Balaban J connectivity index is 0.896. The lowest BCUT2D eigenvalue weighted by atomic mass is 9.93. The van der Waals surface area contributed by atoms with E-state index >= 15 is 0 Å². The zero-order valence-electron chi connectivity index (χ0n) is 33.2. The number of benzene rings is 8. The molecule has 5 heteroatoms. The first-order valence-electron chi connectivity index (χ1n) is 20.6. The summed E-state index contributed by atoms with van der Waals surface area (Å²) in [5.74, 6) is 0.0201. The van der Waals surface area contributed by atoms with Crippen molar-refractivity contribution in [3.63, 3.8) is 0 Å². The Labute approximate surface area is 375 Å². The Morgan fingerprint density at radius 3 is 0.968 bits per heavy atom. The van der Waals surface area contributed by atoms with Gasteiger partial charge in [0.25, 0.3) is 0 Å². The predicted octanol–water partition coefficient (Wildman–Crippen LogP) is 17.8. The molecule has 0 saturated heterocycles. The molecule has 12 aromatic rings. The number of ketones is 1. The molecule has 4 aromatic heterocycles. The molecule has 0 aliphatic rings. The number of hydrogen-bond acceptors (Lipinski definition) is 5. The first kappa shape index (κ1) is 37.1. The van der Waals surface area contributed by atoms with Crippen molar-refractivity contribution < 1.29 is 4.79 Å². The molecule has 0 aliphatic heterocycles. The third kappa shape index (κ3) is 6.20. The summed E-state index contributed by atoms with van der Waals surface area (Å²) in [5, 5.41) is 9.52. The van der Waals surface area contributed by atoms with Crippen LogP contribution in [0.15, 0.2) is 205 Å². The van der Waals surface area contributed by atoms with E-state index in [4.69, 9.17) is 0 Å². The molecule has 8 aromatic carbocycles. The van der Waals surface area contributed by atoms with Crippen molar-refractivity contribution in [3.8, 4) is 65.4 Å². The molecule has 1 nitrogen and oxygen atoms in total. The molecule has 0 amide bonds. The molecule has 0 fully saturated rings. The van der Waals surface area contributed by atoms with E-state index in [2.05, 4.69) is 181 Å². The summed E-state index contributed by atoms with van der Waals surface area (Å²) in [6.07, 6.45) is 0. The zero-order chi connectivity index (χ0) is 41.1. The molecule has 0 atom stereocenters. The molecule has 0 spiro atoms. The molecule has 292 valence electrons. The quantitative estimate of drug-likeness (QED) is 0.139. The van der Waals surface area contributed by atoms with Crippen molar-refractivity contribution >= 4 is 91.5 Å². The second-order valence-electron chi connectivity index (χ2n) is 15.5. The van der Waals surface area contributed by atoms with E-state index in [1.807, 2.05) is 69.6 Å². The monoisotopic (exact) mass is 862 g/mol. The molecule has 0 saturated carbocycles. The Bertz CT molecular complexity index is 3170. The fourth-order valence-corrected chi connectivity index (χ4v) is 13.5. The minimum atomic E-state index is 0.0201. The van der Waals surface area contributed by atoms with Gasteiger partial charge in [0.05, 0.1) is 0 Å². The van der Waals surface area contributed by atoms with E-state index < -0.39 is 0 Å². The maximum absolute atomic E-state index is 14.0. The normalized spacial score (nSPS) is 11.6. The van der Waals surface area contributed by atoms with Crippen molar-refractivity contribution in [3.05, 3.63) is 216 Å². The second-order valence-corrected chi connectivity index (χ2v) is 19.4. The van der Waals surface area contributed by atoms with Crippen molar-refractivity contribution in [1.82, 2.24) is 0 Å². The van der Waals surface area contributed by atoms with Gasteiger partial charge >= 0.3 is 0 Å². The number of fused-ring (bicyclic) bond motifs is 4. The van der Waals surface area contributed by atoms with Gasteiger partial charge in [-0.2, -0.15) is 0 Å². The van der Waals surface area contributed by atoms with E-state index in [-0.39, 0.29) is 5.78 Å². The lowest BCUT2D eigenvalue weighted by molar-refractivity contribution is 0.103. The SMILES string of the molecule is O=C(c1ccc(-c2cc3c(-c4ccccc4)c4sccc4c(-c4ccccc4)c3s2)cc1)c1ccc(-c2cc3c(-c4ccccc4)c4sccc4c(-c4ccccc4)c3s2)cc1. The lowest BCUT2D eigenvalue weighted by Gasteiger charge is -2.12. The number of carbonyl (C=O) groups excluding carboxylic acids is 1. The number of carbonyl (C=O) groups is 1. The first-order chi connectivity index (χ1) is 30.7. The van der Waals surface area contributed by atoms with Crippen LogP contribution in [-0.2, 0) is 0 Å². The molecule has 62 heavy (non-hydrogen) atoms. The Morgan fingerprint density at radius 1 is 0.306 bits per heavy atom. The third-order valence-electron chi connectivity index (χ3n) is 11.9. The standard InChI is InChI=1S/C57H34OS4/c58-53(41-25-21-35(22-26-41)47-33-45-51(39-17-9-3-10-18-39)54-43(29-31-59-54)49(56(45)61-47)37-13-5-1-6-14-37)42-27-23-36(24-28-42)48-34-46-52(40-19-11-4-12-20-40)55-44(30-32-60-55)50(57(46)62-48)38-15-7-2-8-16-38/h1-34H. The van der Waals surface area contributed by atoms with Gasteiger partial charge in [-0.15, -0.1) is 45.3 Å². The van der Waals surface area contributed by atoms with Crippen LogP contribution in [0, 0.1) is 0 Å². The smallest absolute Gasteiger partial charge is 0.193 e. The summed E-state index contributed by atoms with van der Waals surface area (Å²) in [7, 11) is 0. The minimum absolute atomic E-state index is 0.0201. The Morgan fingerprint density at radius 2 is 0.629 bits per heavy atom. The zero-order valence-corrected chi connectivity index (χ0v) is 36.4. The van der Waals surface area contributed by atoms with Gasteiger partial charge in [-0.3, -0.25) is 4.79 Å². The summed E-state index contributed by atoms with van der Waals surface area (Å²) >= 11 is 7.28. The fourth-order valence-electron chi connectivity index (χ4n) is 9.00. The highest BCUT2D eigenvalue weighted by atomic mass is 32.1. The van der Waals surface area contributed by atoms with Crippen molar-refractivity contribution in [2.24, 2.45) is 0 Å². The van der Waals surface area contributed by atoms with Gasteiger partial charge in [0.2, 0.25) is 0 Å². The van der Waals surface area contributed by atoms with Crippen LogP contribution in [0.25, 0.3) is 106 Å². The maximum atomic E-state index is 14.0. The molecule has 0 aliphatic carbocycles. The van der Waals surface area contributed by atoms with Crippen molar-refractivity contribution in [2.45, 2.75) is 0 Å². The summed E-state index contributed by atoms with van der Waals surface area (Å²) < 4.78 is 5.17. The van der Waals surface area contributed by atoms with E-state index in [1.165, 1.54) is 94.6 Å². The van der Waals surface area contributed by atoms with Crippen LogP contribution >= 0.6 is 45.3 Å². The van der Waals surface area contributed by atoms with Gasteiger partial charge in [0.15, 0.2) is 5.78 Å². The van der Waals surface area contributed by atoms with E-state index in [0.717, 1.165) is 11.1 Å². The summed E-state index contributed by atoms with van der Waals surface area (Å²) in [6.45, 7) is 0. The van der Waals surface area contributed by atoms with Crippen LogP contribution in [-0.4, -0.2) is 5.78 Å². The molecule has 0 bridgehead atoms. The number of hydrogen-bond donors (Lipinski definition) is 0. The average molecular weight is 863 g/mol. The van der Waals surface area contributed by atoms with Gasteiger partial charge < -0.3 is 0 Å². The van der Waals surface area contributed by atoms with Gasteiger partial charge in [0, 0.05) is 83.5 Å². The van der Waals surface area contributed by atoms with Gasteiger partial charge in [0.1, 0.15) is 0 Å². The van der Waals surface area contributed by atoms with Crippen molar-refractivity contribution in [2.75, 3.05) is 0 Å². The maximum Gasteiger partial charge on any atom is 0.193 e. The van der Waals surface area contributed by atoms with Crippen LogP contribution in [0.3, 0.4) is 0 Å². The molecular weight excluding hydrogens is 829 g/mol. The van der Waals surface area contributed by atoms with Crippen molar-refractivity contribution in [1.29, 1.82) is 0 Å². The Hall–Kier alpha value is -6.73. The van der Waals surface area contributed by atoms with E-state index in [0.29, 0.717) is 11.1 Å². The lowest BCUT2D eigenvalue weighted by Crippen LogP contribution is -2.00. The highest BCUT2D eigenvalue weighted by Crippen LogP contribution is 2.52. The summed E-state index contributed by atoms with van der Waals surface area (Å²) in [5.41, 5.74) is 13.6. The summed E-state index contributed by atoms with van der Waals surface area (Å²) in [6, 6.07) is 68.7. The molecule has 0 unspecified atom stereocenters. The van der Waals surface area contributed by atoms with Crippen LogP contribution in [0.2, 0.25) is 0 Å². The van der Waals surface area contributed by atoms with Crippen LogP contribution in [0.5, 0.6) is 0 Å². The Kier molecular flexibility index (Phi) is 9.16. The predicted molar refractivity (Wildman–Crippen MR) is 270 cm³/mol. The largest absolute Gasteiger partial charge is 0.289 e. The first-order valence-corrected chi connectivity index (χ1v) is 24.0. The highest BCUT2D eigenvalue weighted by molar-refractivity contribution is 7.24. The minimum Gasteiger partial charge on any atom is -0.289 e. The third-order valence-corrected chi connectivity index (χ3v) is 16.2. The molecule has 0 N–H and O–H groups in total. The molecule has 12 rings (SSSR count). The van der Waals surface area contributed by atoms with Crippen LogP contribution in [0.1, 0.15) is 15.9 Å².